The van der Waals surface area contributed by atoms with Crippen LogP contribution in [0.5, 0.6) is 0 Å². The maximum Gasteiger partial charge on any atom is 0.169 e. The molecule has 0 atom stereocenters. The standard InChI is InChI=1S/C17H17N2S/c18-9-12-19-10-7-14(8-11-19)5-6-15-13-20-17-4-2-1-3-16(15)17/h1-8,10-11,13H,9,12,18H2/q+1/b6-5+. The lowest BCUT2D eigenvalue weighted by molar-refractivity contribution is -0.694. The van der Waals surface area contributed by atoms with Gasteiger partial charge in [-0.25, -0.2) is 4.57 Å². The Morgan fingerprint density at radius 2 is 1.85 bits per heavy atom. The lowest BCUT2D eigenvalue weighted by Crippen LogP contribution is -2.36. The van der Waals surface area contributed by atoms with Gasteiger partial charge in [-0.3, -0.25) is 0 Å². The molecule has 2 heterocycles. The Bertz CT molecular complexity index is 726. The van der Waals surface area contributed by atoms with Crippen molar-refractivity contribution in [2.75, 3.05) is 6.54 Å². The highest BCUT2D eigenvalue weighted by Crippen LogP contribution is 2.26. The summed E-state index contributed by atoms with van der Waals surface area (Å²) < 4.78 is 3.43. The molecule has 0 fully saturated rings. The smallest absolute Gasteiger partial charge is 0.169 e. The summed E-state index contributed by atoms with van der Waals surface area (Å²) in [5.41, 5.74) is 8.02. The van der Waals surface area contributed by atoms with Gasteiger partial charge in [0.15, 0.2) is 18.9 Å². The van der Waals surface area contributed by atoms with Gasteiger partial charge in [0.25, 0.3) is 0 Å². The Kier molecular flexibility index (Phi) is 3.90. The summed E-state index contributed by atoms with van der Waals surface area (Å²) in [5.74, 6) is 0. The Labute approximate surface area is 122 Å². The van der Waals surface area contributed by atoms with Gasteiger partial charge in [0.1, 0.15) is 0 Å². The fourth-order valence-electron chi connectivity index (χ4n) is 2.19. The normalized spacial score (nSPS) is 11.4. The second kappa shape index (κ2) is 5.99. The van der Waals surface area contributed by atoms with Crippen molar-refractivity contribution in [3.8, 4) is 0 Å². The zero-order chi connectivity index (χ0) is 13.8. The largest absolute Gasteiger partial charge is 0.325 e. The van der Waals surface area contributed by atoms with Crippen molar-refractivity contribution >= 4 is 33.6 Å². The number of hydrogen-bond acceptors (Lipinski definition) is 2. The average Bonchev–Trinajstić information content (AvgIpc) is 2.90. The van der Waals surface area contributed by atoms with Gasteiger partial charge in [0.2, 0.25) is 0 Å². The zero-order valence-electron chi connectivity index (χ0n) is 11.2. The number of nitrogens with two attached hydrogens (primary N) is 1. The minimum Gasteiger partial charge on any atom is -0.325 e. The number of nitrogens with zero attached hydrogens (tertiary/aromatic N) is 1. The van der Waals surface area contributed by atoms with Gasteiger partial charge in [-0.2, -0.15) is 0 Å². The van der Waals surface area contributed by atoms with Crippen LogP contribution in [0.15, 0.2) is 54.2 Å². The molecule has 0 bridgehead atoms. The van der Waals surface area contributed by atoms with Gasteiger partial charge >= 0.3 is 0 Å². The second-order valence-corrected chi connectivity index (χ2v) is 5.59. The van der Waals surface area contributed by atoms with Crippen LogP contribution in [0.3, 0.4) is 0 Å². The molecule has 0 saturated carbocycles. The lowest BCUT2D eigenvalue weighted by Gasteiger charge is -1.95. The average molecular weight is 281 g/mol. The summed E-state index contributed by atoms with van der Waals surface area (Å²) in [4.78, 5) is 0. The first-order chi connectivity index (χ1) is 9.86. The summed E-state index contributed by atoms with van der Waals surface area (Å²) in [6, 6.07) is 12.7. The molecule has 3 rings (SSSR count). The van der Waals surface area contributed by atoms with Crippen molar-refractivity contribution in [2.24, 2.45) is 5.73 Å². The van der Waals surface area contributed by atoms with Crippen LogP contribution < -0.4 is 10.3 Å². The van der Waals surface area contributed by atoms with E-state index in [1.54, 1.807) is 11.3 Å². The van der Waals surface area contributed by atoms with Crippen molar-refractivity contribution < 1.29 is 4.57 Å². The summed E-state index contributed by atoms with van der Waals surface area (Å²) in [6.07, 6.45) is 8.47. The third kappa shape index (κ3) is 2.79. The van der Waals surface area contributed by atoms with Gasteiger partial charge in [0, 0.05) is 16.8 Å². The van der Waals surface area contributed by atoms with E-state index in [0.717, 1.165) is 6.54 Å². The molecule has 3 aromatic rings. The topological polar surface area (TPSA) is 29.9 Å². The predicted molar refractivity (Wildman–Crippen MR) is 86.4 cm³/mol. The second-order valence-electron chi connectivity index (χ2n) is 4.68. The number of hydrogen-bond donors (Lipinski definition) is 1. The maximum atomic E-state index is 5.54. The van der Waals surface area contributed by atoms with Crippen LogP contribution >= 0.6 is 11.3 Å². The Hall–Kier alpha value is -1.97. The summed E-state index contributed by atoms with van der Waals surface area (Å²) >= 11 is 1.79. The van der Waals surface area contributed by atoms with E-state index in [1.807, 2.05) is 0 Å². The fourth-order valence-corrected chi connectivity index (χ4v) is 3.12. The molecule has 2 nitrogen and oxygen atoms in total. The molecule has 0 aliphatic rings. The van der Waals surface area contributed by atoms with E-state index in [-0.39, 0.29) is 0 Å². The van der Waals surface area contributed by atoms with E-state index < -0.39 is 0 Å². The Balaban J connectivity index is 1.83. The molecule has 3 heteroatoms. The monoisotopic (exact) mass is 281 g/mol. The van der Waals surface area contributed by atoms with Gasteiger partial charge < -0.3 is 5.73 Å². The lowest BCUT2D eigenvalue weighted by atomic mass is 10.1. The quantitative estimate of drug-likeness (QED) is 0.731. The van der Waals surface area contributed by atoms with Crippen LogP contribution in [-0.2, 0) is 6.54 Å². The molecule has 2 aromatic heterocycles. The molecular formula is C17H17N2S+. The Morgan fingerprint density at radius 1 is 1.05 bits per heavy atom. The van der Waals surface area contributed by atoms with Gasteiger partial charge in [-0.05, 0) is 28.0 Å². The summed E-state index contributed by atoms with van der Waals surface area (Å²) in [6.45, 7) is 1.53. The van der Waals surface area contributed by atoms with Crippen molar-refractivity contribution in [3.63, 3.8) is 0 Å². The molecular weight excluding hydrogens is 264 g/mol. The van der Waals surface area contributed by atoms with Crippen LogP contribution in [0.1, 0.15) is 11.1 Å². The number of benzene rings is 1. The number of pyridine rings is 1. The summed E-state index contributed by atoms with van der Waals surface area (Å²) in [5, 5.41) is 3.53. The molecule has 0 unspecified atom stereocenters. The zero-order valence-corrected chi connectivity index (χ0v) is 12.0. The molecule has 0 radical (unpaired) electrons. The van der Waals surface area contributed by atoms with Crippen LogP contribution in [-0.4, -0.2) is 6.54 Å². The molecule has 0 amide bonds. The molecule has 1 aromatic carbocycles. The fraction of sp³-hybridized carbons (Fsp3) is 0.118. The van der Waals surface area contributed by atoms with Crippen molar-refractivity contribution in [3.05, 3.63) is 65.3 Å². The van der Waals surface area contributed by atoms with Crippen LogP contribution in [0.25, 0.3) is 22.2 Å². The molecule has 0 saturated heterocycles. The third-order valence-corrected chi connectivity index (χ3v) is 4.25. The van der Waals surface area contributed by atoms with Crippen molar-refractivity contribution in [2.45, 2.75) is 6.54 Å². The first kappa shape index (κ1) is 13.0. The summed E-state index contributed by atoms with van der Waals surface area (Å²) in [7, 11) is 0. The van der Waals surface area contributed by atoms with E-state index >= 15 is 0 Å². The molecule has 20 heavy (non-hydrogen) atoms. The minimum absolute atomic E-state index is 0.667. The predicted octanol–water partition coefficient (Wildman–Crippen LogP) is 3.32. The highest BCUT2D eigenvalue weighted by atomic mass is 32.1. The van der Waals surface area contributed by atoms with Crippen molar-refractivity contribution in [1.29, 1.82) is 0 Å². The van der Waals surface area contributed by atoms with Gasteiger partial charge in [-0.15, -0.1) is 11.3 Å². The highest BCUT2D eigenvalue weighted by molar-refractivity contribution is 7.17. The molecule has 0 aliphatic carbocycles. The van der Waals surface area contributed by atoms with Crippen LogP contribution in [0, 0.1) is 0 Å². The Morgan fingerprint density at radius 3 is 2.65 bits per heavy atom. The molecule has 0 aliphatic heterocycles. The first-order valence-electron chi connectivity index (χ1n) is 6.70. The number of rotatable bonds is 4. The van der Waals surface area contributed by atoms with E-state index in [1.165, 1.54) is 21.2 Å². The van der Waals surface area contributed by atoms with Gasteiger partial charge in [-0.1, -0.05) is 30.4 Å². The molecule has 0 spiro atoms. The number of aromatic nitrogens is 1. The molecule has 100 valence electrons. The highest BCUT2D eigenvalue weighted by Gasteiger charge is 2.00. The van der Waals surface area contributed by atoms with E-state index in [2.05, 4.69) is 70.9 Å². The van der Waals surface area contributed by atoms with Crippen LogP contribution in [0.4, 0.5) is 0 Å². The van der Waals surface area contributed by atoms with E-state index in [9.17, 15) is 0 Å². The SMILES string of the molecule is NCC[n+]1ccc(/C=C/c2csc3ccccc23)cc1. The number of fused-ring (bicyclic) bond motifs is 1. The minimum atomic E-state index is 0.667. The third-order valence-electron chi connectivity index (χ3n) is 3.27. The van der Waals surface area contributed by atoms with Crippen LogP contribution in [0.2, 0.25) is 0 Å². The van der Waals surface area contributed by atoms with Gasteiger partial charge in [0.05, 0.1) is 6.54 Å². The van der Waals surface area contributed by atoms with E-state index in [4.69, 9.17) is 5.73 Å². The number of thiophene rings is 1. The molecule has 2 N–H and O–H groups in total. The van der Waals surface area contributed by atoms with E-state index in [0.29, 0.717) is 6.54 Å². The first-order valence-corrected chi connectivity index (χ1v) is 7.58. The maximum absolute atomic E-state index is 5.54. The van der Waals surface area contributed by atoms with Crippen molar-refractivity contribution in [1.82, 2.24) is 0 Å².